The van der Waals surface area contributed by atoms with Crippen molar-refractivity contribution in [3.05, 3.63) is 0 Å². The molecule has 2 saturated heterocycles. The first-order valence-corrected chi connectivity index (χ1v) is 4.57. The van der Waals surface area contributed by atoms with Gasteiger partial charge in [0.2, 0.25) is 0 Å². The second-order valence-corrected chi connectivity index (χ2v) is 3.89. The Morgan fingerprint density at radius 2 is 1.54 bits per heavy atom. The number of aliphatic hydroxyl groups is 4. The lowest BCUT2D eigenvalue weighted by molar-refractivity contribution is -0.0907. The van der Waals surface area contributed by atoms with Gasteiger partial charge in [0, 0.05) is 13.1 Å². The van der Waals surface area contributed by atoms with Gasteiger partial charge in [-0.2, -0.15) is 0 Å². The molecule has 0 aromatic rings. The van der Waals surface area contributed by atoms with Gasteiger partial charge in [-0.05, 0) is 6.42 Å². The number of nitrogens with zero attached hydrogens (tertiary/aromatic N) is 1. The van der Waals surface area contributed by atoms with E-state index in [2.05, 4.69) is 0 Å². The van der Waals surface area contributed by atoms with E-state index >= 15 is 0 Å². The van der Waals surface area contributed by atoms with Gasteiger partial charge in [-0.1, -0.05) is 0 Å². The second kappa shape index (κ2) is 3.18. The first-order valence-electron chi connectivity index (χ1n) is 4.57. The molecule has 0 spiro atoms. The Morgan fingerprint density at radius 3 is 2.23 bits per heavy atom. The summed E-state index contributed by atoms with van der Waals surface area (Å²) >= 11 is 0. The Labute approximate surface area is 76.2 Å². The molecule has 2 heterocycles. The van der Waals surface area contributed by atoms with E-state index in [0.29, 0.717) is 19.5 Å². The maximum absolute atomic E-state index is 9.57. The van der Waals surface area contributed by atoms with Crippen molar-refractivity contribution >= 4 is 0 Å². The van der Waals surface area contributed by atoms with Crippen molar-refractivity contribution in [2.45, 2.75) is 36.9 Å². The van der Waals surface area contributed by atoms with E-state index in [1.54, 1.807) is 0 Å². The fourth-order valence-electron chi connectivity index (χ4n) is 2.27. The second-order valence-electron chi connectivity index (χ2n) is 3.89. The van der Waals surface area contributed by atoms with E-state index in [9.17, 15) is 20.4 Å². The molecule has 2 aliphatic rings. The van der Waals surface area contributed by atoms with Crippen LogP contribution in [0, 0.1) is 0 Å². The number of fused-ring (bicyclic) bond motifs is 1. The number of aliphatic hydroxyl groups excluding tert-OH is 4. The van der Waals surface area contributed by atoms with Crippen molar-refractivity contribution < 1.29 is 20.4 Å². The highest BCUT2D eigenvalue weighted by atomic mass is 16.4. The molecule has 2 rings (SSSR count). The average Bonchev–Trinajstić information content (AvgIpc) is 2.37. The largest absolute Gasteiger partial charge is 0.390 e. The predicted octanol–water partition coefficient (Wildman–Crippen LogP) is -2.48. The zero-order valence-electron chi connectivity index (χ0n) is 7.24. The summed E-state index contributed by atoms with van der Waals surface area (Å²) in [5, 5.41) is 37.8. The summed E-state index contributed by atoms with van der Waals surface area (Å²) in [7, 11) is 0. The van der Waals surface area contributed by atoms with Gasteiger partial charge in [0.15, 0.2) is 0 Å². The van der Waals surface area contributed by atoms with Crippen molar-refractivity contribution in [3.8, 4) is 0 Å². The molecule has 0 unspecified atom stereocenters. The molecule has 2 fully saturated rings. The fraction of sp³-hybridized carbons (Fsp3) is 1.00. The summed E-state index contributed by atoms with van der Waals surface area (Å²) in [6.45, 7) is 1.01. The summed E-state index contributed by atoms with van der Waals surface area (Å²) < 4.78 is 0. The molecular formula is C8H15NO4. The van der Waals surface area contributed by atoms with Crippen LogP contribution in [0.25, 0.3) is 0 Å². The topological polar surface area (TPSA) is 84.2 Å². The van der Waals surface area contributed by atoms with E-state index in [1.807, 2.05) is 4.90 Å². The summed E-state index contributed by atoms with van der Waals surface area (Å²) in [5.74, 6) is 0. The van der Waals surface area contributed by atoms with Crippen LogP contribution in [0.2, 0.25) is 0 Å². The molecule has 0 aromatic heterocycles. The van der Waals surface area contributed by atoms with Gasteiger partial charge >= 0.3 is 0 Å². The van der Waals surface area contributed by atoms with E-state index in [1.165, 1.54) is 0 Å². The highest BCUT2D eigenvalue weighted by Crippen LogP contribution is 2.27. The normalized spacial score (nSPS) is 52.2. The zero-order valence-corrected chi connectivity index (χ0v) is 7.24. The molecule has 4 N–H and O–H groups in total. The Morgan fingerprint density at radius 1 is 0.923 bits per heavy atom. The van der Waals surface area contributed by atoms with Crippen LogP contribution in [0.1, 0.15) is 6.42 Å². The highest BCUT2D eigenvalue weighted by Gasteiger charge is 2.48. The van der Waals surface area contributed by atoms with E-state index in [-0.39, 0.29) is 0 Å². The maximum atomic E-state index is 9.57. The smallest absolute Gasteiger partial charge is 0.0992 e. The highest BCUT2D eigenvalue weighted by molar-refractivity contribution is 5.02. The lowest BCUT2D eigenvalue weighted by Crippen LogP contribution is -2.55. The van der Waals surface area contributed by atoms with Crippen LogP contribution in [0.15, 0.2) is 0 Å². The van der Waals surface area contributed by atoms with Crippen LogP contribution in [0.3, 0.4) is 0 Å². The Bertz CT molecular complexity index is 199. The Balaban J connectivity index is 2.14. The molecule has 0 aromatic carbocycles. The van der Waals surface area contributed by atoms with Crippen molar-refractivity contribution in [1.29, 1.82) is 0 Å². The lowest BCUT2D eigenvalue weighted by atomic mass is 9.94. The third-order valence-corrected chi connectivity index (χ3v) is 3.04. The molecule has 13 heavy (non-hydrogen) atoms. The van der Waals surface area contributed by atoms with Gasteiger partial charge in [0.1, 0.15) is 0 Å². The van der Waals surface area contributed by atoms with Crippen molar-refractivity contribution in [3.63, 3.8) is 0 Å². The van der Waals surface area contributed by atoms with Crippen molar-refractivity contribution in [2.24, 2.45) is 0 Å². The molecule has 2 aliphatic heterocycles. The minimum Gasteiger partial charge on any atom is -0.390 e. The number of hydrogen-bond donors (Lipinski definition) is 4. The van der Waals surface area contributed by atoms with Crippen LogP contribution in [-0.4, -0.2) is 68.9 Å². The van der Waals surface area contributed by atoms with Crippen LogP contribution in [0.5, 0.6) is 0 Å². The molecule has 0 amide bonds. The van der Waals surface area contributed by atoms with Crippen LogP contribution in [-0.2, 0) is 0 Å². The third kappa shape index (κ3) is 1.37. The number of piperidine rings is 1. The van der Waals surface area contributed by atoms with E-state index in [0.717, 1.165) is 0 Å². The van der Waals surface area contributed by atoms with Gasteiger partial charge in [0.05, 0.1) is 30.5 Å². The fourth-order valence-corrected chi connectivity index (χ4v) is 2.27. The Hall–Kier alpha value is -0.200. The quantitative estimate of drug-likeness (QED) is 0.339. The van der Waals surface area contributed by atoms with E-state index < -0.39 is 30.5 Å². The minimum atomic E-state index is -0.944. The summed E-state index contributed by atoms with van der Waals surface area (Å²) in [4.78, 5) is 1.83. The molecule has 0 bridgehead atoms. The SMILES string of the molecule is O[C@@H]1[C@H]2[C@@H](O)[C@@H](O)CN2CC[C@H]1O. The number of hydrogen-bond acceptors (Lipinski definition) is 5. The van der Waals surface area contributed by atoms with E-state index in [4.69, 9.17) is 0 Å². The average molecular weight is 189 g/mol. The maximum Gasteiger partial charge on any atom is 0.0992 e. The van der Waals surface area contributed by atoms with Crippen molar-refractivity contribution in [1.82, 2.24) is 4.90 Å². The molecule has 5 atom stereocenters. The first-order chi connectivity index (χ1) is 6.11. The van der Waals surface area contributed by atoms with Crippen LogP contribution < -0.4 is 0 Å². The molecule has 0 radical (unpaired) electrons. The Kier molecular flexibility index (Phi) is 2.29. The standard InChI is InChI=1S/C8H15NO4/c10-4-1-2-9-3-5(11)8(13)6(9)7(4)12/h4-8,10-13H,1-3H2/t4-,5+,6+,7+,8+/m1/s1. The molecular weight excluding hydrogens is 174 g/mol. The molecule has 76 valence electrons. The van der Waals surface area contributed by atoms with Crippen LogP contribution >= 0.6 is 0 Å². The molecule has 0 saturated carbocycles. The van der Waals surface area contributed by atoms with Crippen molar-refractivity contribution in [2.75, 3.05) is 13.1 Å². The van der Waals surface area contributed by atoms with Gasteiger partial charge < -0.3 is 20.4 Å². The zero-order chi connectivity index (χ0) is 9.59. The minimum absolute atomic E-state index is 0.385. The monoisotopic (exact) mass is 189 g/mol. The predicted molar refractivity (Wildman–Crippen MR) is 44.0 cm³/mol. The molecule has 0 aliphatic carbocycles. The lowest BCUT2D eigenvalue weighted by Gasteiger charge is -2.37. The van der Waals surface area contributed by atoms with Crippen LogP contribution in [0.4, 0.5) is 0 Å². The van der Waals surface area contributed by atoms with Gasteiger partial charge in [-0.3, -0.25) is 4.90 Å². The van der Waals surface area contributed by atoms with Gasteiger partial charge in [-0.25, -0.2) is 0 Å². The molecule has 5 heteroatoms. The first kappa shape index (κ1) is 9.36. The summed E-state index contributed by atoms with van der Waals surface area (Å²) in [6.07, 6.45) is -2.96. The third-order valence-electron chi connectivity index (χ3n) is 3.04. The number of rotatable bonds is 0. The summed E-state index contributed by atoms with van der Waals surface area (Å²) in [5.41, 5.74) is 0. The summed E-state index contributed by atoms with van der Waals surface area (Å²) in [6, 6.07) is -0.501. The van der Waals surface area contributed by atoms with Gasteiger partial charge in [-0.15, -0.1) is 0 Å². The molecule has 5 nitrogen and oxygen atoms in total. The van der Waals surface area contributed by atoms with Gasteiger partial charge in [0.25, 0.3) is 0 Å².